The molecule has 0 amide bonds. The molecule has 0 saturated carbocycles. The van der Waals surface area contributed by atoms with Crippen LogP contribution in [-0.4, -0.2) is 55.9 Å². The number of fused-ring (bicyclic) bond motifs is 1. The van der Waals surface area contributed by atoms with E-state index in [1.165, 1.54) is 0 Å². The summed E-state index contributed by atoms with van der Waals surface area (Å²) in [5.41, 5.74) is 3.73. The van der Waals surface area contributed by atoms with E-state index in [1.807, 2.05) is 24.3 Å². The van der Waals surface area contributed by atoms with Gasteiger partial charge in [-0.05, 0) is 24.0 Å². The zero-order valence-electron chi connectivity index (χ0n) is 18.0. The highest BCUT2D eigenvalue weighted by Gasteiger charge is 2.19. The van der Waals surface area contributed by atoms with Gasteiger partial charge in [0.1, 0.15) is 5.82 Å². The molecule has 3 N–H and O–H groups in total. The van der Waals surface area contributed by atoms with E-state index in [2.05, 4.69) is 25.3 Å². The maximum absolute atomic E-state index is 9.37. The minimum atomic E-state index is -1.52. The molecule has 0 radical (unpaired) electrons. The first-order chi connectivity index (χ1) is 15.5. The zero-order valence-corrected chi connectivity index (χ0v) is 18.0. The van der Waals surface area contributed by atoms with Crippen LogP contribution >= 0.6 is 0 Å². The number of ether oxygens (including phenoxy) is 2. The average Bonchev–Trinajstić information content (AvgIpc) is 3.17. The molecule has 0 bridgehead atoms. The third-order valence-electron chi connectivity index (χ3n) is 4.86. The summed E-state index contributed by atoms with van der Waals surface area (Å²) in [4.78, 5) is 18.0. The molecule has 164 valence electrons. The Labute approximate surface area is 185 Å². The van der Waals surface area contributed by atoms with E-state index >= 15 is 0 Å². The standard InChI is InChI=1S/C21H23BN6O4/c1-13-24-19(23-11-14-6-4-8-16(10-14)22(29)30)27-20(25-13)28-17-9-5-7-15(12-31-2)18(17)26-21(28)32-3/h4-10,29-30H,11-12H2,1-3H3,(H,23,24,25,27). The summed E-state index contributed by atoms with van der Waals surface area (Å²) in [6.07, 6.45) is 0. The number of anilines is 1. The number of hydrogen-bond donors (Lipinski definition) is 3. The zero-order chi connectivity index (χ0) is 22.7. The molecule has 11 heteroatoms. The summed E-state index contributed by atoms with van der Waals surface area (Å²) in [6, 6.07) is 13.1. The highest BCUT2D eigenvalue weighted by molar-refractivity contribution is 6.58. The Morgan fingerprint density at radius 1 is 1.03 bits per heavy atom. The molecule has 0 aliphatic carbocycles. The molecule has 32 heavy (non-hydrogen) atoms. The lowest BCUT2D eigenvalue weighted by molar-refractivity contribution is 0.186. The smallest absolute Gasteiger partial charge is 0.468 e. The fourth-order valence-electron chi connectivity index (χ4n) is 3.43. The number of benzene rings is 2. The molecule has 0 fully saturated rings. The first-order valence-electron chi connectivity index (χ1n) is 9.95. The Bertz CT molecular complexity index is 1250. The van der Waals surface area contributed by atoms with Crippen LogP contribution in [0.25, 0.3) is 17.0 Å². The normalized spacial score (nSPS) is 11.0. The van der Waals surface area contributed by atoms with E-state index in [0.717, 1.165) is 22.2 Å². The molecular formula is C21H23BN6O4. The molecule has 4 aromatic rings. The molecule has 10 nitrogen and oxygen atoms in total. The van der Waals surface area contributed by atoms with Crippen molar-refractivity contribution in [3.63, 3.8) is 0 Å². The third-order valence-corrected chi connectivity index (χ3v) is 4.86. The van der Waals surface area contributed by atoms with Crippen molar-refractivity contribution in [1.29, 1.82) is 0 Å². The van der Waals surface area contributed by atoms with Crippen LogP contribution in [0.5, 0.6) is 6.01 Å². The minimum Gasteiger partial charge on any atom is -0.468 e. The van der Waals surface area contributed by atoms with Gasteiger partial charge < -0.3 is 24.8 Å². The molecular weight excluding hydrogens is 411 g/mol. The predicted molar refractivity (Wildman–Crippen MR) is 120 cm³/mol. The van der Waals surface area contributed by atoms with Crippen LogP contribution in [0.3, 0.4) is 0 Å². The topological polar surface area (TPSA) is 127 Å². The van der Waals surface area contributed by atoms with E-state index in [0.29, 0.717) is 42.3 Å². The SMILES string of the molecule is COCc1cccc2c1nc(OC)n2-c1nc(C)nc(NCc2cccc(B(O)O)c2)n1. The minimum absolute atomic E-state index is 0.352. The van der Waals surface area contributed by atoms with Gasteiger partial charge >= 0.3 is 13.1 Å². The van der Waals surface area contributed by atoms with Gasteiger partial charge in [0.25, 0.3) is 0 Å². The van der Waals surface area contributed by atoms with E-state index in [-0.39, 0.29) is 0 Å². The number of aromatic nitrogens is 5. The number of rotatable bonds is 8. The van der Waals surface area contributed by atoms with Gasteiger partial charge in [-0.2, -0.15) is 19.9 Å². The van der Waals surface area contributed by atoms with Crippen molar-refractivity contribution in [2.24, 2.45) is 0 Å². The van der Waals surface area contributed by atoms with Gasteiger partial charge in [-0.1, -0.05) is 36.4 Å². The van der Waals surface area contributed by atoms with Crippen LogP contribution < -0.4 is 15.5 Å². The molecule has 0 saturated heterocycles. The average molecular weight is 434 g/mol. The van der Waals surface area contributed by atoms with E-state index in [1.54, 1.807) is 43.9 Å². The van der Waals surface area contributed by atoms with Crippen molar-refractivity contribution >= 4 is 29.6 Å². The molecule has 0 unspecified atom stereocenters. The van der Waals surface area contributed by atoms with Crippen LogP contribution in [0.15, 0.2) is 42.5 Å². The Morgan fingerprint density at radius 2 is 1.84 bits per heavy atom. The molecule has 0 spiro atoms. The van der Waals surface area contributed by atoms with Gasteiger partial charge in [-0.15, -0.1) is 0 Å². The number of nitrogens with one attached hydrogen (secondary N) is 1. The number of hydrogen-bond acceptors (Lipinski definition) is 9. The van der Waals surface area contributed by atoms with Crippen molar-refractivity contribution in [2.75, 3.05) is 19.5 Å². The third kappa shape index (κ3) is 4.40. The van der Waals surface area contributed by atoms with Crippen LogP contribution in [-0.2, 0) is 17.9 Å². The first kappa shape index (κ1) is 21.7. The van der Waals surface area contributed by atoms with Crippen molar-refractivity contribution in [2.45, 2.75) is 20.1 Å². The van der Waals surface area contributed by atoms with Crippen LogP contribution in [0.1, 0.15) is 17.0 Å². The lowest BCUT2D eigenvalue weighted by Gasteiger charge is -2.11. The predicted octanol–water partition coefficient (Wildman–Crippen LogP) is 0.966. The highest BCUT2D eigenvalue weighted by Crippen LogP contribution is 2.27. The Hall–Kier alpha value is -3.54. The van der Waals surface area contributed by atoms with Gasteiger partial charge in [-0.3, -0.25) is 0 Å². The lowest BCUT2D eigenvalue weighted by atomic mass is 9.80. The fraction of sp³-hybridized carbons (Fsp3) is 0.238. The summed E-state index contributed by atoms with van der Waals surface area (Å²) in [7, 11) is 1.66. The monoisotopic (exact) mass is 434 g/mol. The second-order valence-electron chi connectivity index (χ2n) is 7.13. The van der Waals surface area contributed by atoms with Crippen molar-refractivity contribution in [3.05, 3.63) is 59.4 Å². The van der Waals surface area contributed by atoms with Gasteiger partial charge in [0, 0.05) is 19.2 Å². The molecule has 0 atom stereocenters. The summed E-state index contributed by atoms with van der Waals surface area (Å²) >= 11 is 0. The number of para-hydroxylation sites is 1. The lowest BCUT2D eigenvalue weighted by Crippen LogP contribution is -2.30. The molecule has 2 aromatic carbocycles. The maximum atomic E-state index is 9.37. The Balaban J connectivity index is 1.69. The van der Waals surface area contributed by atoms with Gasteiger partial charge in [0.15, 0.2) is 0 Å². The number of aryl methyl sites for hydroxylation is 1. The quantitative estimate of drug-likeness (QED) is 0.348. The first-order valence-corrected chi connectivity index (χ1v) is 9.95. The van der Waals surface area contributed by atoms with Gasteiger partial charge in [0.05, 0.1) is 24.8 Å². The summed E-state index contributed by atoms with van der Waals surface area (Å²) < 4.78 is 12.5. The second kappa shape index (κ2) is 9.31. The van der Waals surface area contributed by atoms with Crippen molar-refractivity contribution in [1.82, 2.24) is 24.5 Å². The maximum Gasteiger partial charge on any atom is 0.488 e. The highest BCUT2D eigenvalue weighted by atomic mass is 16.5. The number of methoxy groups -OCH3 is 2. The largest absolute Gasteiger partial charge is 0.488 e. The van der Waals surface area contributed by atoms with Gasteiger partial charge in [0.2, 0.25) is 11.9 Å². The Kier molecular flexibility index (Phi) is 6.31. The molecule has 0 aliphatic heterocycles. The van der Waals surface area contributed by atoms with Gasteiger partial charge in [-0.25, -0.2) is 4.57 Å². The Morgan fingerprint density at radius 3 is 2.59 bits per heavy atom. The molecule has 2 heterocycles. The van der Waals surface area contributed by atoms with Crippen LogP contribution in [0, 0.1) is 6.92 Å². The van der Waals surface area contributed by atoms with Crippen molar-refractivity contribution < 1.29 is 19.5 Å². The van der Waals surface area contributed by atoms with E-state index in [9.17, 15) is 10.0 Å². The fourth-order valence-corrected chi connectivity index (χ4v) is 3.43. The summed E-state index contributed by atoms with van der Waals surface area (Å²) in [5, 5.41) is 21.9. The van der Waals surface area contributed by atoms with E-state index < -0.39 is 7.12 Å². The molecule has 0 aliphatic rings. The van der Waals surface area contributed by atoms with Crippen LogP contribution in [0.4, 0.5) is 5.95 Å². The summed E-state index contributed by atoms with van der Waals surface area (Å²) in [5.74, 6) is 1.27. The molecule has 4 rings (SSSR count). The van der Waals surface area contributed by atoms with E-state index in [4.69, 9.17) is 9.47 Å². The van der Waals surface area contributed by atoms with Crippen LogP contribution in [0.2, 0.25) is 0 Å². The van der Waals surface area contributed by atoms with Crippen molar-refractivity contribution in [3.8, 4) is 12.0 Å². The number of imidazole rings is 1. The second-order valence-corrected chi connectivity index (χ2v) is 7.13. The number of nitrogens with zero attached hydrogens (tertiary/aromatic N) is 5. The molecule has 2 aromatic heterocycles. The summed E-state index contributed by atoms with van der Waals surface area (Å²) in [6.45, 7) is 2.59.